The number of rotatable bonds is 6. The Kier molecular flexibility index (Phi) is 4.37. The van der Waals surface area contributed by atoms with Gasteiger partial charge in [0.1, 0.15) is 23.9 Å². The number of methoxy groups -OCH3 is 1. The molecule has 1 aromatic heterocycles. The van der Waals surface area contributed by atoms with Crippen LogP contribution in [0.25, 0.3) is 11.0 Å². The third-order valence-corrected chi connectivity index (χ3v) is 3.83. The molecule has 1 N–H and O–H groups in total. The van der Waals surface area contributed by atoms with Gasteiger partial charge in [-0.3, -0.25) is 4.79 Å². The van der Waals surface area contributed by atoms with Crippen molar-refractivity contribution in [3.05, 3.63) is 53.9 Å². The van der Waals surface area contributed by atoms with Crippen molar-refractivity contribution in [1.29, 1.82) is 0 Å². The number of carboxylic acid groups (broad SMARTS) is 1. The van der Waals surface area contributed by atoms with E-state index in [0.29, 0.717) is 12.4 Å². The lowest BCUT2D eigenvalue weighted by atomic mass is 10.1. The van der Waals surface area contributed by atoms with Gasteiger partial charge < -0.3 is 19.1 Å². The molecule has 0 fully saturated rings. The summed E-state index contributed by atoms with van der Waals surface area (Å²) in [5, 5.41) is 8.77. The Balaban J connectivity index is 1.73. The lowest BCUT2D eigenvalue weighted by Gasteiger charge is -2.07. The number of ether oxygens (including phenoxy) is 2. The molecule has 0 bridgehead atoms. The Morgan fingerprint density at radius 3 is 2.54 bits per heavy atom. The molecule has 124 valence electrons. The molecule has 0 saturated carbocycles. The minimum atomic E-state index is -0.848. The monoisotopic (exact) mass is 326 g/mol. The Morgan fingerprint density at radius 2 is 1.88 bits per heavy atom. The molecular formula is C18H18N2O4. The standard InChI is InChI=1S/C18H18N2O4/c1-20-16-10-14(23-2)7-8-15(16)19-17(20)11-24-13-5-3-12(4-6-13)9-18(21)22/h3-8,10H,9,11H2,1-2H3,(H,21,22). The van der Waals surface area contributed by atoms with Gasteiger partial charge in [-0.1, -0.05) is 12.1 Å². The average molecular weight is 326 g/mol. The first-order chi connectivity index (χ1) is 11.6. The van der Waals surface area contributed by atoms with Crippen LogP contribution in [-0.2, 0) is 24.9 Å². The number of carbonyl (C=O) groups is 1. The van der Waals surface area contributed by atoms with Crippen molar-refractivity contribution in [2.45, 2.75) is 13.0 Å². The summed E-state index contributed by atoms with van der Waals surface area (Å²) in [6.45, 7) is 0.325. The number of hydrogen-bond donors (Lipinski definition) is 1. The Morgan fingerprint density at radius 1 is 1.17 bits per heavy atom. The fourth-order valence-electron chi connectivity index (χ4n) is 2.50. The zero-order valence-electron chi connectivity index (χ0n) is 13.5. The van der Waals surface area contributed by atoms with Crippen LogP contribution in [0.5, 0.6) is 11.5 Å². The molecule has 0 spiro atoms. The van der Waals surface area contributed by atoms with E-state index >= 15 is 0 Å². The highest BCUT2D eigenvalue weighted by atomic mass is 16.5. The molecule has 6 heteroatoms. The van der Waals surface area contributed by atoms with E-state index in [1.54, 1.807) is 31.4 Å². The molecule has 0 radical (unpaired) electrons. The van der Waals surface area contributed by atoms with Crippen molar-refractivity contribution < 1.29 is 19.4 Å². The molecule has 0 amide bonds. The maximum Gasteiger partial charge on any atom is 0.307 e. The fourth-order valence-corrected chi connectivity index (χ4v) is 2.50. The van der Waals surface area contributed by atoms with Crippen molar-refractivity contribution >= 4 is 17.0 Å². The van der Waals surface area contributed by atoms with Gasteiger partial charge in [-0.15, -0.1) is 0 Å². The van der Waals surface area contributed by atoms with E-state index in [9.17, 15) is 4.79 Å². The second kappa shape index (κ2) is 6.62. The molecule has 6 nitrogen and oxygen atoms in total. The van der Waals surface area contributed by atoms with Crippen LogP contribution in [-0.4, -0.2) is 27.7 Å². The normalized spacial score (nSPS) is 10.8. The summed E-state index contributed by atoms with van der Waals surface area (Å²) >= 11 is 0. The molecular weight excluding hydrogens is 308 g/mol. The van der Waals surface area contributed by atoms with Crippen molar-refractivity contribution in [2.24, 2.45) is 7.05 Å². The molecule has 0 aliphatic heterocycles. The maximum absolute atomic E-state index is 10.7. The molecule has 0 aliphatic rings. The van der Waals surface area contributed by atoms with E-state index in [1.807, 2.05) is 29.8 Å². The average Bonchev–Trinajstić information content (AvgIpc) is 2.89. The number of hydrogen-bond acceptors (Lipinski definition) is 4. The number of nitrogens with zero attached hydrogens (tertiary/aromatic N) is 2. The van der Waals surface area contributed by atoms with E-state index < -0.39 is 5.97 Å². The number of aryl methyl sites for hydroxylation is 1. The Hall–Kier alpha value is -3.02. The van der Waals surface area contributed by atoms with E-state index in [0.717, 1.165) is 28.2 Å². The van der Waals surface area contributed by atoms with E-state index in [2.05, 4.69) is 4.98 Å². The van der Waals surface area contributed by atoms with Gasteiger partial charge in [-0.05, 0) is 29.8 Å². The Bertz CT molecular complexity index is 869. The molecule has 1 heterocycles. The number of imidazole rings is 1. The van der Waals surface area contributed by atoms with Crippen LogP contribution in [0.1, 0.15) is 11.4 Å². The summed E-state index contributed by atoms with van der Waals surface area (Å²) in [4.78, 5) is 15.2. The third-order valence-electron chi connectivity index (χ3n) is 3.83. The van der Waals surface area contributed by atoms with Crippen molar-refractivity contribution in [2.75, 3.05) is 7.11 Å². The topological polar surface area (TPSA) is 73.6 Å². The van der Waals surface area contributed by atoms with Crippen molar-refractivity contribution in [3.8, 4) is 11.5 Å². The van der Waals surface area contributed by atoms with Crippen molar-refractivity contribution in [1.82, 2.24) is 9.55 Å². The summed E-state index contributed by atoms with van der Waals surface area (Å²) in [6, 6.07) is 12.8. The first-order valence-corrected chi connectivity index (χ1v) is 7.49. The predicted octanol–water partition coefficient (Wildman–Crippen LogP) is 2.79. The van der Waals surface area contributed by atoms with E-state index in [4.69, 9.17) is 14.6 Å². The molecule has 3 rings (SSSR count). The second-order valence-corrected chi connectivity index (χ2v) is 5.44. The minimum absolute atomic E-state index is 0.00681. The number of aliphatic carboxylic acids is 1. The van der Waals surface area contributed by atoms with Crippen LogP contribution in [0.2, 0.25) is 0 Å². The molecule has 3 aromatic rings. The summed E-state index contributed by atoms with van der Waals surface area (Å²) in [5.41, 5.74) is 2.60. The van der Waals surface area contributed by atoms with Gasteiger partial charge in [-0.2, -0.15) is 0 Å². The lowest BCUT2D eigenvalue weighted by Crippen LogP contribution is -2.04. The van der Waals surface area contributed by atoms with Crippen LogP contribution in [0.3, 0.4) is 0 Å². The summed E-state index contributed by atoms with van der Waals surface area (Å²) in [6.07, 6.45) is 0.00681. The quantitative estimate of drug-likeness (QED) is 0.754. The predicted molar refractivity (Wildman–Crippen MR) is 89.4 cm³/mol. The highest BCUT2D eigenvalue weighted by Gasteiger charge is 2.09. The fraction of sp³-hybridized carbons (Fsp3) is 0.222. The summed E-state index contributed by atoms with van der Waals surface area (Å²) < 4.78 is 13.0. The smallest absolute Gasteiger partial charge is 0.307 e. The van der Waals surface area contributed by atoms with Crippen molar-refractivity contribution in [3.63, 3.8) is 0 Å². The first kappa shape index (κ1) is 15.9. The van der Waals surface area contributed by atoms with Crippen LogP contribution in [0, 0.1) is 0 Å². The molecule has 2 aromatic carbocycles. The number of aromatic nitrogens is 2. The van der Waals surface area contributed by atoms with Gasteiger partial charge in [0.25, 0.3) is 0 Å². The molecule has 0 aliphatic carbocycles. The van der Waals surface area contributed by atoms with Crippen LogP contribution < -0.4 is 9.47 Å². The largest absolute Gasteiger partial charge is 0.497 e. The van der Waals surface area contributed by atoms with Crippen LogP contribution in [0.4, 0.5) is 0 Å². The van der Waals surface area contributed by atoms with Gasteiger partial charge in [0.2, 0.25) is 0 Å². The molecule has 24 heavy (non-hydrogen) atoms. The third kappa shape index (κ3) is 3.32. The summed E-state index contributed by atoms with van der Waals surface area (Å²) in [7, 11) is 3.57. The summed E-state index contributed by atoms with van der Waals surface area (Å²) in [5.74, 6) is 1.41. The maximum atomic E-state index is 10.7. The molecule has 0 saturated heterocycles. The van der Waals surface area contributed by atoms with Gasteiger partial charge in [-0.25, -0.2) is 4.98 Å². The van der Waals surface area contributed by atoms with Crippen LogP contribution in [0.15, 0.2) is 42.5 Å². The highest BCUT2D eigenvalue weighted by Crippen LogP contribution is 2.22. The van der Waals surface area contributed by atoms with E-state index in [1.165, 1.54) is 0 Å². The van der Waals surface area contributed by atoms with Gasteiger partial charge in [0, 0.05) is 13.1 Å². The molecule has 0 unspecified atom stereocenters. The zero-order valence-corrected chi connectivity index (χ0v) is 13.5. The Labute approximate surface area is 139 Å². The second-order valence-electron chi connectivity index (χ2n) is 5.44. The van der Waals surface area contributed by atoms with Gasteiger partial charge >= 0.3 is 5.97 Å². The number of benzene rings is 2. The van der Waals surface area contributed by atoms with Crippen LogP contribution >= 0.6 is 0 Å². The zero-order chi connectivity index (χ0) is 17.1. The van der Waals surface area contributed by atoms with Gasteiger partial charge in [0.15, 0.2) is 0 Å². The minimum Gasteiger partial charge on any atom is -0.497 e. The first-order valence-electron chi connectivity index (χ1n) is 7.49. The lowest BCUT2D eigenvalue weighted by molar-refractivity contribution is -0.136. The number of carboxylic acids is 1. The van der Waals surface area contributed by atoms with E-state index in [-0.39, 0.29) is 6.42 Å². The number of fused-ring (bicyclic) bond motifs is 1. The highest BCUT2D eigenvalue weighted by molar-refractivity contribution is 5.77. The molecule has 0 atom stereocenters. The SMILES string of the molecule is COc1ccc2nc(COc3ccc(CC(=O)O)cc3)n(C)c2c1. The van der Waals surface area contributed by atoms with Gasteiger partial charge in [0.05, 0.1) is 24.6 Å².